The molecule has 0 aliphatic heterocycles. The first-order valence-corrected chi connectivity index (χ1v) is 9.86. The van der Waals surface area contributed by atoms with Crippen molar-refractivity contribution in [1.82, 2.24) is 10.2 Å². The van der Waals surface area contributed by atoms with Gasteiger partial charge in [-0.3, -0.25) is 14.9 Å². The second-order valence-electron chi connectivity index (χ2n) is 5.48. The van der Waals surface area contributed by atoms with Gasteiger partial charge in [-0.1, -0.05) is 23.1 Å². The molecule has 0 spiro atoms. The van der Waals surface area contributed by atoms with E-state index in [1.165, 1.54) is 11.3 Å². The Morgan fingerprint density at radius 3 is 2.72 bits per heavy atom. The van der Waals surface area contributed by atoms with Crippen LogP contribution in [0.3, 0.4) is 0 Å². The summed E-state index contributed by atoms with van der Waals surface area (Å²) in [4.78, 5) is 22.1. The Bertz CT molecular complexity index is 1030. The van der Waals surface area contributed by atoms with E-state index in [2.05, 4.69) is 20.8 Å². The van der Waals surface area contributed by atoms with Gasteiger partial charge in [-0.05, 0) is 30.3 Å². The highest BCUT2D eigenvalue weighted by atomic mass is 32.2. The SMILES string of the molecule is COc1ccc(Nc2nnc(SCC(=O)Nc3cc([N+](=O)[O-])ccc3F)s2)cc1. The summed E-state index contributed by atoms with van der Waals surface area (Å²) < 4.78 is 19.4. The molecule has 3 rings (SSSR count). The van der Waals surface area contributed by atoms with Gasteiger partial charge < -0.3 is 15.4 Å². The summed E-state index contributed by atoms with van der Waals surface area (Å²) in [6.45, 7) is 0. The number of carbonyl (C=O) groups is 1. The van der Waals surface area contributed by atoms with E-state index in [9.17, 15) is 19.3 Å². The number of nitro groups is 1. The third kappa shape index (κ3) is 5.62. The molecule has 2 N–H and O–H groups in total. The van der Waals surface area contributed by atoms with Crippen LogP contribution in [0, 0.1) is 15.9 Å². The van der Waals surface area contributed by atoms with Crippen LogP contribution in [0.4, 0.5) is 26.6 Å². The number of non-ortho nitro benzene ring substituents is 1. The number of amides is 1. The molecule has 0 atom stereocenters. The number of nitro benzene ring substituents is 1. The third-order valence-corrected chi connectivity index (χ3v) is 5.48. The third-order valence-electron chi connectivity index (χ3n) is 3.51. The minimum absolute atomic E-state index is 0.0562. The number of nitrogens with zero attached hydrogens (tertiary/aromatic N) is 3. The van der Waals surface area contributed by atoms with Crippen molar-refractivity contribution in [3.8, 4) is 5.75 Å². The molecule has 0 fully saturated rings. The van der Waals surface area contributed by atoms with Crippen LogP contribution in [-0.2, 0) is 4.79 Å². The highest BCUT2D eigenvalue weighted by molar-refractivity contribution is 8.01. The minimum Gasteiger partial charge on any atom is -0.497 e. The number of halogens is 1. The van der Waals surface area contributed by atoms with Crippen LogP contribution >= 0.6 is 23.1 Å². The van der Waals surface area contributed by atoms with Crippen molar-refractivity contribution in [2.45, 2.75) is 4.34 Å². The highest BCUT2D eigenvalue weighted by Crippen LogP contribution is 2.28. The number of anilines is 3. The molecule has 29 heavy (non-hydrogen) atoms. The number of hydrogen-bond acceptors (Lipinski definition) is 9. The van der Waals surface area contributed by atoms with Crippen molar-refractivity contribution in [2.24, 2.45) is 0 Å². The zero-order valence-corrected chi connectivity index (χ0v) is 16.6. The molecule has 0 bridgehead atoms. The van der Waals surface area contributed by atoms with Crippen molar-refractivity contribution in [3.05, 3.63) is 58.4 Å². The molecule has 150 valence electrons. The van der Waals surface area contributed by atoms with Gasteiger partial charge >= 0.3 is 0 Å². The Balaban J connectivity index is 1.54. The lowest BCUT2D eigenvalue weighted by Gasteiger charge is -2.05. The molecule has 3 aromatic rings. The van der Waals surface area contributed by atoms with E-state index in [0.29, 0.717) is 9.47 Å². The van der Waals surface area contributed by atoms with Crippen LogP contribution in [0.2, 0.25) is 0 Å². The predicted octanol–water partition coefficient (Wildman–Crippen LogP) is 4.07. The number of hydrogen-bond donors (Lipinski definition) is 2. The van der Waals surface area contributed by atoms with Crippen LogP contribution in [0.15, 0.2) is 46.8 Å². The van der Waals surface area contributed by atoms with Gasteiger partial charge in [0.05, 0.1) is 23.5 Å². The molecule has 12 heteroatoms. The monoisotopic (exact) mass is 435 g/mol. The fraction of sp³-hybridized carbons (Fsp3) is 0.118. The average Bonchev–Trinajstić information content (AvgIpc) is 3.16. The fourth-order valence-electron chi connectivity index (χ4n) is 2.15. The van der Waals surface area contributed by atoms with Gasteiger partial charge in [0.15, 0.2) is 4.34 Å². The maximum atomic E-state index is 13.7. The van der Waals surface area contributed by atoms with E-state index in [1.807, 2.05) is 12.1 Å². The number of aromatic nitrogens is 2. The summed E-state index contributed by atoms with van der Waals surface area (Å²) in [7, 11) is 1.58. The van der Waals surface area contributed by atoms with Gasteiger partial charge in [-0.2, -0.15) is 0 Å². The van der Waals surface area contributed by atoms with E-state index >= 15 is 0 Å². The minimum atomic E-state index is -0.754. The first-order valence-electron chi connectivity index (χ1n) is 8.06. The first-order chi connectivity index (χ1) is 13.9. The number of nitrogens with one attached hydrogen (secondary N) is 2. The number of benzene rings is 2. The maximum absolute atomic E-state index is 13.7. The smallest absolute Gasteiger partial charge is 0.271 e. The second-order valence-corrected chi connectivity index (χ2v) is 7.68. The van der Waals surface area contributed by atoms with Crippen molar-refractivity contribution >= 4 is 51.2 Å². The average molecular weight is 435 g/mol. The van der Waals surface area contributed by atoms with Gasteiger partial charge in [0, 0.05) is 17.8 Å². The standard InChI is InChI=1S/C17H14FN5O4S2/c1-27-12-5-2-10(3-6-12)19-16-21-22-17(29-16)28-9-15(24)20-14-8-11(23(25)26)4-7-13(14)18/h2-8H,9H2,1H3,(H,19,21)(H,20,24). The van der Waals surface area contributed by atoms with Crippen LogP contribution < -0.4 is 15.4 Å². The van der Waals surface area contributed by atoms with Gasteiger partial charge in [0.2, 0.25) is 11.0 Å². The number of thioether (sulfide) groups is 1. The highest BCUT2D eigenvalue weighted by Gasteiger charge is 2.14. The molecule has 0 unspecified atom stereocenters. The number of carbonyl (C=O) groups excluding carboxylic acids is 1. The summed E-state index contributed by atoms with van der Waals surface area (Å²) in [5.41, 5.74) is 0.244. The normalized spacial score (nSPS) is 10.4. The Kier molecular flexibility index (Phi) is 6.57. The quantitative estimate of drug-likeness (QED) is 0.309. The summed E-state index contributed by atoms with van der Waals surface area (Å²) in [6, 6.07) is 10.2. The second kappa shape index (κ2) is 9.30. The summed E-state index contributed by atoms with van der Waals surface area (Å²) in [6.07, 6.45) is 0. The van der Waals surface area contributed by atoms with Gasteiger partial charge in [-0.25, -0.2) is 4.39 Å². The van der Waals surface area contributed by atoms with Crippen LogP contribution in [-0.4, -0.2) is 33.9 Å². The molecule has 0 aliphatic carbocycles. The zero-order chi connectivity index (χ0) is 20.8. The lowest BCUT2D eigenvalue weighted by molar-refractivity contribution is -0.384. The lowest BCUT2D eigenvalue weighted by Crippen LogP contribution is -2.15. The van der Waals surface area contributed by atoms with E-state index in [1.54, 1.807) is 19.2 Å². The fourth-order valence-corrected chi connectivity index (χ4v) is 3.72. The largest absolute Gasteiger partial charge is 0.497 e. The van der Waals surface area contributed by atoms with Crippen molar-refractivity contribution in [2.75, 3.05) is 23.5 Å². The first kappa shape index (κ1) is 20.5. The number of methoxy groups -OCH3 is 1. The molecule has 1 heterocycles. The van der Waals surface area contributed by atoms with Crippen molar-refractivity contribution in [3.63, 3.8) is 0 Å². The van der Waals surface area contributed by atoms with E-state index in [4.69, 9.17) is 4.74 Å². The van der Waals surface area contributed by atoms with E-state index < -0.39 is 16.6 Å². The Morgan fingerprint density at radius 1 is 1.28 bits per heavy atom. The molecular formula is C17H14FN5O4S2. The van der Waals surface area contributed by atoms with Gasteiger partial charge in [0.25, 0.3) is 5.69 Å². The van der Waals surface area contributed by atoms with E-state index in [0.717, 1.165) is 41.4 Å². The summed E-state index contributed by atoms with van der Waals surface area (Å²) in [5.74, 6) is -0.598. The Morgan fingerprint density at radius 2 is 2.03 bits per heavy atom. The molecule has 9 nitrogen and oxygen atoms in total. The van der Waals surface area contributed by atoms with Crippen LogP contribution in [0.5, 0.6) is 5.75 Å². The zero-order valence-electron chi connectivity index (χ0n) is 14.9. The summed E-state index contributed by atoms with van der Waals surface area (Å²) in [5, 5.41) is 24.7. The van der Waals surface area contributed by atoms with Crippen molar-refractivity contribution < 1.29 is 18.8 Å². The number of ether oxygens (including phenoxy) is 1. The molecular weight excluding hydrogens is 421 g/mol. The van der Waals surface area contributed by atoms with Crippen LogP contribution in [0.25, 0.3) is 0 Å². The number of rotatable bonds is 8. The molecule has 1 amide bonds. The summed E-state index contributed by atoms with van der Waals surface area (Å²) >= 11 is 2.37. The molecule has 0 radical (unpaired) electrons. The molecule has 0 aliphatic rings. The van der Waals surface area contributed by atoms with Gasteiger partial charge in [0.1, 0.15) is 11.6 Å². The van der Waals surface area contributed by atoms with E-state index in [-0.39, 0.29) is 17.1 Å². The topological polar surface area (TPSA) is 119 Å². The molecule has 0 saturated heterocycles. The van der Waals surface area contributed by atoms with Gasteiger partial charge in [-0.15, -0.1) is 10.2 Å². The van der Waals surface area contributed by atoms with Crippen LogP contribution in [0.1, 0.15) is 0 Å². The Labute approximate surface area is 172 Å². The molecule has 0 saturated carbocycles. The Hall–Kier alpha value is -3.25. The van der Waals surface area contributed by atoms with Crippen molar-refractivity contribution in [1.29, 1.82) is 0 Å². The molecule has 1 aromatic heterocycles. The maximum Gasteiger partial charge on any atom is 0.271 e. The molecule has 2 aromatic carbocycles. The lowest BCUT2D eigenvalue weighted by atomic mass is 10.2. The predicted molar refractivity (Wildman–Crippen MR) is 109 cm³/mol.